The van der Waals surface area contributed by atoms with Crippen molar-refractivity contribution < 1.29 is 9.59 Å². The lowest BCUT2D eigenvalue weighted by Gasteiger charge is -2.36. The van der Waals surface area contributed by atoms with Gasteiger partial charge >= 0.3 is 0 Å². The van der Waals surface area contributed by atoms with Gasteiger partial charge < -0.3 is 4.90 Å². The average Bonchev–Trinajstić information content (AvgIpc) is 3.17. The van der Waals surface area contributed by atoms with Crippen molar-refractivity contribution in [3.05, 3.63) is 46.6 Å². The highest BCUT2D eigenvalue weighted by atomic mass is 35.5. The zero-order chi connectivity index (χ0) is 21.4. The molecule has 0 radical (unpaired) electrons. The van der Waals surface area contributed by atoms with E-state index in [0.717, 1.165) is 29.7 Å². The van der Waals surface area contributed by atoms with Crippen LogP contribution in [0.3, 0.4) is 0 Å². The predicted octanol–water partition coefficient (Wildman–Crippen LogP) is 3.81. The number of nitriles is 1. The van der Waals surface area contributed by atoms with Gasteiger partial charge in [0.05, 0.1) is 12.0 Å². The number of amides is 1. The zero-order valence-electron chi connectivity index (χ0n) is 16.9. The minimum Gasteiger partial charge on any atom is -0.343 e. The van der Waals surface area contributed by atoms with Gasteiger partial charge in [-0.05, 0) is 24.5 Å². The molecule has 8 heteroatoms. The Bertz CT molecular complexity index is 1080. The maximum Gasteiger partial charge on any atom is 0.243 e. The Balaban J connectivity index is 1.80. The van der Waals surface area contributed by atoms with Crippen LogP contribution in [0.1, 0.15) is 48.5 Å². The molecule has 2 aliphatic heterocycles. The topological polar surface area (TPSA) is 91.3 Å². The Morgan fingerprint density at radius 2 is 1.83 bits per heavy atom. The van der Waals surface area contributed by atoms with Gasteiger partial charge in [0.2, 0.25) is 11.8 Å². The summed E-state index contributed by atoms with van der Waals surface area (Å²) in [6.45, 7) is 4.29. The molecule has 1 fully saturated rings. The van der Waals surface area contributed by atoms with Gasteiger partial charge in [-0.1, -0.05) is 29.8 Å². The fourth-order valence-electron chi connectivity index (χ4n) is 4.44. The van der Waals surface area contributed by atoms with Gasteiger partial charge in [-0.3, -0.25) is 9.59 Å². The van der Waals surface area contributed by atoms with E-state index < -0.39 is 5.92 Å². The number of nitrogens with zero attached hydrogens (tertiary/aromatic N) is 5. The molecule has 154 valence electrons. The molecule has 0 N–H and O–H groups in total. The smallest absolute Gasteiger partial charge is 0.243 e. The molecule has 1 saturated heterocycles. The first-order chi connectivity index (χ1) is 14.4. The Hall–Kier alpha value is -2.98. The van der Waals surface area contributed by atoms with Crippen LogP contribution in [0.4, 0.5) is 5.82 Å². The molecule has 1 aromatic heterocycles. The van der Waals surface area contributed by atoms with Crippen molar-refractivity contribution in [3.63, 3.8) is 0 Å². The van der Waals surface area contributed by atoms with E-state index >= 15 is 0 Å². The van der Waals surface area contributed by atoms with Crippen LogP contribution in [0, 0.1) is 23.2 Å². The lowest BCUT2D eigenvalue weighted by molar-refractivity contribution is -0.129. The third-order valence-corrected chi connectivity index (χ3v) is 6.35. The fourth-order valence-corrected chi connectivity index (χ4v) is 4.69. The molecule has 30 heavy (non-hydrogen) atoms. The molecule has 0 bridgehead atoms. The summed E-state index contributed by atoms with van der Waals surface area (Å²) in [4.78, 5) is 30.2. The van der Waals surface area contributed by atoms with Crippen LogP contribution in [0.2, 0.25) is 5.02 Å². The maximum atomic E-state index is 11.9. The largest absolute Gasteiger partial charge is 0.343 e. The summed E-state index contributed by atoms with van der Waals surface area (Å²) in [7, 11) is 0. The molecular formula is C22H22ClN5O2. The normalized spacial score (nSPS) is 21.5. The first-order valence-electron chi connectivity index (χ1n) is 9.99. The highest BCUT2D eigenvalue weighted by molar-refractivity contribution is 6.31. The van der Waals surface area contributed by atoms with Gasteiger partial charge in [-0.25, -0.2) is 9.67 Å². The molecule has 1 aromatic carbocycles. The molecule has 2 atom stereocenters. The van der Waals surface area contributed by atoms with Gasteiger partial charge in [0.25, 0.3) is 0 Å². The van der Waals surface area contributed by atoms with Crippen molar-refractivity contribution in [2.75, 3.05) is 13.1 Å². The summed E-state index contributed by atoms with van der Waals surface area (Å²) in [5.41, 5.74) is 2.32. The summed E-state index contributed by atoms with van der Waals surface area (Å²) in [5.74, 6) is -0.493. The van der Waals surface area contributed by atoms with Crippen LogP contribution >= 0.6 is 11.6 Å². The molecule has 3 heterocycles. The standard InChI is InChI=1S/C22H22ClN5O2/c1-13(29)27-9-7-15(8-10-27)21-17(11-24)20(16-5-3-4-6-19(16)23)18-12-28(14(2)30)26-22(18)25-21/h3-6,12,15,17,20H,7-10H2,1-2H3. The third-order valence-electron chi connectivity index (χ3n) is 6.00. The van der Waals surface area contributed by atoms with E-state index in [-0.39, 0.29) is 23.7 Å². The zero-order valence-corrected chi connectivity index (χ0v) is 17.6. The van der Waals surface area contributed by atoms with Gasteiger partial charge in [0.15, 0.2) is 5.82 Å². The van der Waals surface area contributed by atoms with Gasteiger partial charge in [-0.15, -0.1) is 5.10 Å². The number of carbonyl (C=O) groups is 2. The second kappa shape index (κ2) is 8.04. The molecule has 2 aromatic rings. The maximum absolute atomic E-state index is 11.9. The third kappa shape index (κ3) is 3.52. The second-order valence-electron chi connectivity index (χ2n) is 7.79. The Labute approximate surface area is 180 Å². The predicted molar refractivity (Wildman–Crippen MR) is 113 cm³/mol. The Morgan fingerprint density at radius 3 is 2.43 bits per heavy atom. The number of fused-ring (bicyclic) bond motifs is 1. The molecule has 7 nitrogen and oxygen atoms in total. The van der Waals surface area contributed by atoms with Crippen LogP contribution in [-0.4, -0.2) is 45.3 Å². The number of aromatic nitrogens is 2. The van der Waals surface area contributed by atoms with Crippen LogP contribution < -0.4 is 0 Å². The van der Waals surface area contributed by atoms with Gasteiger partial charge in [0, 0.05) is 61.3 Å². The molecule has 1 amide bonds. The van der Waals surface area contributed by atoms with E-state index in [1.54, 1.807) is 19.2 Å². The van der Waals surface area contributed by atoms with Crippen LogP contribution in [0.5, 0.6) is 0 Å². The fraction of sp³-hybridized carbons (Fsp3) is 0.409. The quantitative estimate of drug-likeness (QED) is 0.734. The highest BCUT2D eigenvalue weighted by Gasteiger charge is 2.41. The van der Waals surface area contributed by atoms with E-state index in [1.165, 1.54) is 11.6 Å². The van der Waals surface area contributed by atoms with Crippen molar-refractivity contribution in [3.8, 4) is 6.07 Å². The number of carbonyl (C=O) groups excluding carboxylic acids is 2. The van der Waals surface area contributed by atoms with E-state index in [9.17, 15) is 14.9 Å². The van der Waals surface area contributed by atoms with Crippen LogP contribution in [0.15, 0.2) is 35.5 Å². The first kappa shape index (κ1) is 20.3. The highest BCUT2D eigenvalue weighted by Crippen LogP contribution is 2.45. The summed E-state index contributed by atoms with van der Waals surface area (Å²) in [6, 6.07) is 9.90. The van der Waals surface area contributed by atoms with Crippen molar-refractivity contribution in [1.82, 2.24) is 14.7 Å². The molecular weight excluding hydrogens is 402 g/mol. The number of rotatable bonds is 2. The Kier molecular flexibility index (Phi) is 5.44. The molecule has 0 saturated carbocycles. The minimum absolute atomic E-state index is 0.0623. The number of benzene rings is 1. The SMILES string of the molecule is CC(=O)N1CCC(C2=Nc3nn(C(C)=O)cc3C(c3ccccc3Cl)C2C#N)CC1. The van der Waals surface area contributed by atoms with Crippen molar-refractivity contribution >= 4 is 34.9 Å². The second-order valence-corrected chi connectivity index (χ2v) is 8.20. The van der Waals surface area contributed by atoms with Crippen LogP contribution in [0.25, 0.3) is 0 Å². The molecule has 0 spiro atoms. The number of hydrogen-bond donors (Lipinski definition) is 0. The number of hydrogen-bond acceptors (Lipinski definition) is 5. The first-order valence-corrected chi connectivity index (χ1v) is 10.4. The molecule has 4 rings (SSSR count). The summed E-state index contributed by atoms with van der Waals surface area (Å²) in [5, 5.41) is 15.1. The van der Waals surface area contributed by atoms with E-state index in [1.807, 2.05) is 23.1 Å². The average molecular weight is 424 g/mol. The lowest BCUT2D eigenvalue weighted by Crippen LogP contribution is -2.41. The van der Waals surface area contributed by atoms with E-state index in [0.29, 0.717) is 23.9 Å². The lowest BCUT2D eigenvalue weighted by atomic mass is 9.73. The van der Waals surface area contributed by atoms with Gasteiger partial charge in [-0.2, -0.15) is 5.26 Å². The number of halogens is 1. The van der Waals surface area contributed by atoms with Gasteiger partial charge in [0.1, 0.15) is 0 Å². The number of piperidine rings is 1. The van der Waals surface area contributed by atoms with E-state index in [4.69, 9.17) is 16.6 Å². The molecule has 0 aliphatic carbocycles. The van der Waals surface area contributed by atoms with Crippen LogP contribution in [-0.2, 0) is 4.79 Å². The summed E-state index contributed by atoms with van der Waals surface area (Å²) in [6.07, 6.45) is 3.15. The van der Waals surface area contributed by atoms with Crippen molar-refractivity contribution in [2.45, 2.75) is 32.6 Å². The monoisotopic (exact) mass is 423 g/mol. The molecule has 2 aliphatic rings. The summed E-state index contributed by atoms with van der Waals surface area (Å²) >= 11 is 6.52. The number of aliphatic imine (C=N–C) groups is 1. The van der Waals surface area contributed by atoms with Crippen molar-refractivity contribution in [2.24, 2.45) is 16.8 Å². The number of likely N-dealkylation sites (tertiary alicyclic amines) is 1. The summed E-state index contributed by atoms with van der Waals surface area (Å²) < 4.78 is 1.27. The van der Waals surface area contributed by atoms with Crippen molar-refractivity contribution in [1.29, 1.82) is 5.26 Å². The van der Waals surface area contributed by atoms with E-state index in [2.05, 4.69) is 11.2 Å². The minimum atomic E-state index is -0.518. The Morgan fingerprint density at radius 1 is 1.13 bits per heavy atom. The molecule has 2 unspecified atom stereocenters.